The number of nitrogens with zero attached hydrogens (tertiary/aromatic N) is 3. The average molecular weight is 320 g/mol. The second kappa shape index (κ2) is 8.10. The van der Waals surface area contributed by atoms with Crippen molar-refractivity contribution >= 4 is 17.7 Å². The first-order valence-corrected chi connectivity index (χ1v) is 8.36. The van der Waals surface area contributed by atoms with Crippen LogP contribution in [0.15, 0.2) is 12.3 Å². The summed E-state index contributed by atoms with van der Waals surface area (Å²) in [7, 11) is 0. The molecule has 1 aromatic rings. The van der Waals surface area contributed by atoms with E-state index in [9.17, 15) is 4.79 Å². The molecule has 0 spiro atoms. The Morgan fingerprint density at radius 2 is 2.26 bits per heavy atom. The van der Waals surface area contributed by atoms with Gasteiger partial charge in [0.1, 0.15) is 5.82 Å². The summed E-state index contributed by atoms with van der Waals surface area (Å²) in [6, 6.07) is 1.98. The predicted molar refractivity (Wildman–Crippen MR) is 92.3 cm³/mol. The Hall–Kier alpha value is -1.89. The Bertz CT molecular complexity index is 521. The number of nitrogens with one attached hydrogen (secondary N) is 2. The molecular formula is C16H28N6O. The van der Waals surface area contributed by atoms with Crippen LogP contribution in [0.4, 0.5) is 11.8 Å². The summed E-state index contributed by atoms with van der Waals surface area (Å²) < 4.78 is 0. The molecule has 23 heavy (non-hydrogen) atoms. The van der Waals surface area contributed by atoms with E-state index < -0.39 is 0 Å². The molecule has 1 aromatic heterocycles. The lowest BCUT2D eigenvalue weighted by Gasteiger charge is -2.22. The van der Waals surface area contributed by atoms with Gasteiger partial charge in [-0.15, -0.1) is 0 Å². The molecule has 1 aliphatic heterocycles. The van der Waals surface area contributed by atoms with Crippen molar-refractivity contribution in [3.8, 4) is 0 Å². The van der Waals surface area contributed by atoms with E-state index in [0.717, 1.165) is 25.5 Å². The maximum absolute atomic E-state index is 11.9. The first-order chi connectivity index (χ1) is 11.0. The van der Waals surface area contributed by atoms with E-state index in [4.69, 9.17) is 5.73 Å². The topological polar surface area (TPSA) is 96.2 Å². The second-order valence-electron chi connectivity index (χ2n) is 6.30. The van der Waals surface area contributed by atoms with Crippen LogP contribution < -0.4 is 21.3 Å². The SMILES string of the molecule is CCNc1ccnc(N2C[C@H](NC(=O)CCN)[C@@H](C(C)C)C2)n1. The molecule has 0 aromatic carbocycles. The highest BCUT2D eigenvalue weighted by molar-refractivity contribution is 5.76. The van der Waals surface area contributed by atoms with E-state index >= 15 is 0 Å². The minimum atomic E-state index is 0.0207. The molecule has 0 saturated carbocycles. The average Bonchev–Trinajstić information content (AvgIpc) is 2.92. The van der Waals surface area contributed by atoms with Gasteiger partial charge in [0.25, 0.3) is 0 Å². The predicted octanol–water partition coefficient (Wildman–Crippen LogP) is 0.834. The molecule has 0 radical (unpaired) electrons. The molecule has 2 atom stereocenters. The van der Waals surface area contributed by atoms with Gasteiger partial charge in [-0.1, -0.05) is 13.8 Å². The van der Waals surface area contributed by atoms with Gasteiger partial charge in [-0.05, 0) is 18.9 Å². The van der Waals surface area contributed by atoms with Crippen molar-refractivity contribution in [2.45, 2.75) is 33.2 Å². The van der Waals surface area contributed by atoms with Crippen LogP contribution in [0, 0.1) is 11.8 Å². The number of amides is 1. The molecule has 1 saturated heterocycles. The van der Waals surface area contributed by atoms with E-state index in [-0.39, 0.29) is 11.9 Å². The maximum Gasteiger partial charge on any atom is 0.227 e. The summed E-state index contributed by atoms with van der Waals surface area (Å²) in [5, 5.41) is 6.32. The molecule has 128 valence electrons. The summed E-state index contributed by atoms with van der Waals surface area (Å²) in [4.78, 5) is 23.0. The maximum atomic E-state index is 11.9. The third-order valence-corrected chi connectivity index (χ3v) is 4.22. The lowest BCUT2D eigenvalue weighted by atomic mass is 9.91. The molecule has 7 heteroatoms. The number of anilines is 2. The fourth-order valence-electron chi connectivity index (χ4n) is 3.01. The van der Waals surface area contributed by atoms with Crippen LogP contribution >= 0.6 is 0 Å². The van der Waals surface area contributed by atoms with Gasteiger partial charge in [0.05, 0.1) is 6.04 Å². The zero-order valence-electron chi connectivity index (χ0n) is 14.2. The van der Waals surface area contributed by atoms with Crippen molar-refractivity contribution in [1.29, 1.82) is 0 Å². The molecule has 4 N–H and O–H groups in total. The monoisotopic (exact) mass is 320 g/mol. The minimum absolute atomic E-state index is 0.0207. The fourth-order valence-corrected chi connectivity index (χ4v) is 3.01. The summed E-state index contributed by atoms with van der Waals surface area (Å²) in [6.45, 7) is 9.19. The number of hydrogen-bond donors (Lipinski definition) is 3. The normalized spacial score (nSPS) is 20.8. The van der Waals surface area contributed by atoms with Crippen LogP contribution in [0.2, 0.25) is 0 Å². The van der Waals surface area contributed by atoms with Crippen molar-refractivity contribution in [2.24, 2.45) is 17.6 Å². The first-order valence-electron chi connectivity index (χ1n) is 8.36. The summed E-state index contributed by atoms with van der Waals surface area (Å²) in [5.41, 5.74) is 5.46. The Kier molecular flexibility index (Phi) is 6.15. The van der Waals surface area contributed by atoms with Crippen molar-refractivity contribution < 1.29 is 4.79 Å². The number of rotatable bonds is 7. The van der Waals surface area contributed by atoms with Gasteiger partial charge in [0.2, 0.25) is 11.9 Å². The molecule has 1 amide bonds. The molecule has 2 heterocycles. The Morgan fingerprint density at radius 3 is 2.91 bits per heavy atom. The summed E-state index contributed by atoms with van der Waals surface area (Å²) >= 11 is 0. The van der Waals surface area contributed by atoms with Gasteiger partial charge in [-0.2, -0.15) is 4.98 Å². The van der Waals surface area contributed by atoms with E-state index in [2.05, 4.69) is 39.3 Å². The van der Waals surface area contributed by atoms with Gasteiger partial charge >= 0.3 is 0 Å². The summed E-state index contributed by atoms with van der Waals surface area (Å²) in [5.74, 6) is 2.41. The van der Waals surface area contributed by atoms with Crippen molar-refractivity contribution in [1.82, 2.24) is 15.3 Å². The number of carbonyl (C=O) groups excluding carboxylic acids is 1. The fraction of sp³-hybridized carbons (Fsp3) is 0.688. The molecule has 1 aliphatic rings. The van der Waals surface area contributed by atoms with Crippen LogP contribution in [0.1, 0.15) is 27.2 Å². The van der Waals surface area contributed by atoms with Crippen molar-refractivity contribution in [3.63, 3.8) is 0 Å². The molecule has 0 bridgehead atoms. The zero-order valence-corrected chi connectivity index (χ0v) is 14.2. The number of nitrogens with two attached hydrogens (primary N) is 1. The minimum Gasteiger partial charge on any atom is -0.370 e. The van der Waals surface area contributed by atoms with Crippen LogP contribution in [-0.2, 0) is 4.79 Å². The van der Waals surface area contributed by atoms with E-state index in [1.165, 1.54) is 0 Å². The van der Waals surface area contributed by atoms with Gasteiger partial charge in [0.15, 0.2) is 0 Å². The van der Waals surface area contributed by atoms with Crippen LogP contribution in [0.3, 0.4) is 0 Å². The van der Waals surface area contributed by atoms with E-state index in [0.29, 0.717) is 30.7 Å². The highest BCUT2D eigenvalue weighted by Crippen LogP contribution is 2.27. The zero-order chi connectivity index (χ0) is 16.8. The quantitative estimate of drug-likeness (QED) is 0.689. The molecule has 7 nitrogen and oxygen atoms in total. The molecule has 0 unspecified atom stereocenters. The standard InChI is InChI=1S/C16H28N6O/c1-4-18-14-6-8-19-16(21-14)22-9-12(11(2)3)13(10-22)20-15(23)5-7-17/h6,8,11-13H,4-5,7,9-10,17H2,1-3H3,(H,20,23)(H,18,19,21)/t12-,13+/m1/s1. The second-order valence-corrected chi connectivity index (χ2v) is 6.30. The largest absolute Gasteiger partial charge is 0.370 e. The van der Waals surface area contributed by atoms with Crippen molar-refractivity contribution in [3.05, 3.63) is 12.3 Å². The lowest BCUT2D eigenvalue weighted by Crippen LogP contribution is -2.42. The first kappa shape index (κ1) is 17.5. The summed E-state index contributed by atoms with van der Waals surface area (Å²) in [6.07, 6.45) is 2.14. The van der Waals surface area contributed by atoms with Gasteiger partial charge < -0.3 is 21.3 Å². The van der Waals surface area contributed by atoms with Crippen LogP contribution in [-0.4, -0.2) is 48.1 Å². The number of hydrogen-bond acceptors (Lipinski definition) is 6. The van der Waals surface area contributed by atoms with Gasteiger partial charge in [0, 0.05) is 44.7 Å². The van der Waals surface area contributed by atoms with Gasteiger partial charge in [-0.3, -0.25) is 4.79 Å². The smallest absolute Gasteiger partial charge is 0.227 e. The Labute approximate surface area is 138 Å². The molecule has 1 fully saturated rings. The highest BCUT2D eigenvalue weighted by Gasteiger charge is 2.36. The third-order valence-electron chi connectivity index (χ3n) is 4.22. The highest BCUT2D eigenvalue weighted by atomic mass is 16.1. The number of carbonyl (C=O) groups is 1. The van der Waals surface area contributed by atoms with Crippen LogP contribution in [0.5, 0.6) is 0 Å². The molecule has 0 aliphatic carbocycles. The number of aromatic nitrogens is 2. The van der Waals surface area contributed by atoms with Gasteiger partial charge in [-0.25, -0.2) is 4.98 Å². The van der Waals surface area contributed by atoms with E-state index in [1.54, 1.807) is 6.20 Å². The Balaban J connectivity index is 2.09. The molecule has 2 rings (SSSR count). The van der Waals surface area contributed by atoms with E-state index in [1.807, 2.05) is 13.0 Å². The molecular weight excluding hydrogens is 292 g/mol. The lowest BCUT2D eigenvalue weighted by molar-refractivity contribution is -0.121. The van der Waals surface area contributed by atoms with Crippen LogP contribution in [0.25, 0.3) is 0 Å². The third kappa shape index (κ3) is 4.54. The Morgan fingerprint density at radius 1 is 1.48 bits per heavy atom. The van der Waals surface area contributed by atoms with Crippen molar-refractivity contribution in [2.75, 3.05) is 36.4 Å².